The molecule has 0 amide bonds. The molecule has 1 heterocycles. The van der Waals surface area contributed by atoms with E-state index in [2.05, 4.69) is 18.7 Å². The third kappa shape index (κ3) is 5.01. The number of β-amino-alcohol motifs (C(OH)–C–C–N with tert-alkyl or cyclic N) is 1. The number of ether oxygens (including phenoxy) is 3. The van der Waals surface area contributed by atoms with Gasteiger partial charge in [0, 0.05) is 19.6 Å². The first-order chi connectivity index (χ1) is 11.0. The molecule has 0 radical (unpaired) electrons. The number of rotatable bonds is 7. The van der Waals surface area contributed by atoms with E-state index in [9.17, 15) is 5.11 Å². The van der Waals surface area contributed by atoms with Gasteiger partial charge in [0.2, 0.25) is 5.75 Å². The third-order valence-corrected chi connectivity index (χ3v) is 4.22. The molecule has 2 rings (SSSR count). The van der Waals surface area contributed by atoms with Gasteiger partial charge in [-0.1, -0.05) is 19.9 Å². The van der Waals surface area contributed by atoms with E-state index in [1.807, 2.05) is 18.2 Å². The fraction of sp³-hybridized carbons (Fsp3) is 0.667. The van der Waals surface area contributed by atoms with Crippen LogP contribution in [0.5, 0.6) is 17.2 Å². The molecule has 1 aromatic carbocycles. The maximum Gasteiger partial charge on any atom is 0.203 e. The summed E-state index contributed by atoms with van der Waals surface area (Å²) in [4.78, 5) is 2.33. The fourth-order valence-electron chi connectivity index (χ4n) is 3.43. The van der Waals surface area contributed by atoms with E-state index in [1.54, 1.807) is 14.2 Å². The largest absolute Gasteiger partial charge is 0.493 e. The van der Waals surface area contributed by atoms with E-state index in [4.69, 9.17) is 14.2 Å². The van der Waals surface area contributed by atoms with Crippen LogP contribution in [0.2, 0.25) is 0 Å². The van der Waals surface area contributed by atoms with Crippen LogP contribution in [0.15, 0.2) is 18.2 Å². The molecule has 1 aliphatic heterocycles. The van der Waals surface area contributed by atoms with Crippen molar-refractivity contribution in [3.63, 3.8) is 0 Å². The topological polar surface area (TPSA) is 51.2 Å². The Balaban J connectivity index is 1.90. The first-order valence-corrected chi connectivity index (χ1v) is 8.27. The van der Waals surface area contributed by atoms with Gasteiger partial charge in [0.1, 0.15) is 12.7 Å². The fourth-order valence-corrected chi connectivity index (χ4v) is 3.43. The van der Waals surface area contributed by atoms with Crippen LogP contribution in [0.1, 0.15) is 20.3 Å². The van der Waals surface area contributed by atoms with Crippen molar-refractivity contribution in [2.45, 2.75) is 26.4 Å². The average molecular weight is 323 g/mol. The standard InChI is InChI=1S/C18H29NO4/c1-13-8-14(2)10-19(9-13)11-15(20)12-23-18-16(21-3)6-5-7-17(18)22-4/h5-7,13-15,20H,8-12H2,1-4H3/t13-,14+,15-/m1/s1. The van der Waals surface area contributed by atoms with Crippen molar-refractivity contribution in [1.82, 2.24) is 4.90 Å². The molecule has 3 atom stereocenters. The Labute approximate surface area is 139 Å². The van der Waals surface area contributed by atoms with Crippen LogP contribution in [-0.4, -0.2) is 56.6 Å². The van der Waals surface area contributed by atoms with Crippen molar-refractivity contribution in [1.29, 1.82) is 0 Å². The van der Waals surface area contributed by atoms with Gasteiger partial charge in [-0.05, 0) is 30.4 Å². The summed E-state index contributed by atoms with van der Waals surface area (Å²) in [5.41, 5.74) is 0. The second-order valence-corrected chi connectivity index (χ2v) is 6.62. The molecule has 1 aliphatic rings. The monoisotopic (exact) mass is 323 g/mol. The van der Waals surface area contributed by atoms with Crippen LogP contribution in [0.3, 0.4) is 0 Å². The van der Waals surface area contributed by atoms with Crippen molar-refractivity contribution in [3.05, 3.63) is 18.2 Å². The van der Waals surface area contributed by atoms with Gasteiger partial charge in [0.25, 0.3) is 0 Å². The Hall–Kier alpha value is -1.46. The first kappa shape index (κ1) is 17.9. The minimum atomic E-state index is -0.540. The molecular weight excluding hydrogens is 294 g/mol. The molecular formula is C18H29NO4. The second-order valence-electron chi connectivity index (χ2n) is 6.62. The zero-order valence-electron chi connectivity index (χ0n) is 14.6. The van der Waals surface area contributed by atoms with Crippen LogP contribution in [0.25, 0.3) is 0 Å². The lowest BCUT2D eigenvalue weighted by atomic mass is 9.92. The molecule has 1 saturated heterocycles. The number of hydrogen-bond acceptors (Lipinski definition) is 5. The van der Waals surface area contributed by atoms with Gasteiger partial charge in [-0.3, -0.25) is 0 Å². The van der Waals surface area contributed by atoms with Gasteiger partial charge < -0.3 is 24.2 Å². The van der Waals surface area contributed by atoms with Gasteiger partial charge in [-0.25, -0.2) is 0 Å². The minimum Gasteiger partial charge on any atom is -0.493 e. The Morgan fingerprint density at radius 2 is 1.70 bits per heavy atom. The minimum absolute atomic E-state index is 0.218. The summed E-state index contributed by atoms with van der Waals surface area (Å²) in [6.07, 6.45) is 0.726. The molecule has 0 unspecified atom stereocenters. The summed E-state index contributed by atoms with van der Waals surface area (Å²) in [5, 5.41) is 10.3. The van der Waals surface area contributed by atoms with Crippen LogP contribution >= 0.6 is 0 Å². The van der Waals surface area contributed by atoms with E-state index in [0.717, 1.165) is 13.1 Å². The van der Waals surface area contributed by atoms with E-state index < -0.39 is 6.10 Å². The number of benzene rings is 1. The molecule has 1 aromatic rings. The van der Waals surface area contributed by atoms with Crippen LogP contribution in [-0.2, 0) is 0 Å². The highest BCUT2D eigenvalue weighted by Gasteiger charge is 2.24. The lowest BCUT2D eigenvalue weighted by Gasteiger charge is -2.35. The number of para-hydroxylation sites is 1. The molecule has 1 N–H and O–H groups in total. The number of methoxy groups -OCH3 is 2. The van der Waals surface area contributed by atoms with Crippen LogP contribution in [0, 0.1) is 11.8 Å². The zero-order valence-corrected chi connectivity index (χ0v) is 14.6. The highest BCUT2D eigenvalue weighted by Crippen LogP contribution is 2.36. The Bertz CT molecular complexity index is 462. The predicted octanol–water partition coefficient (Wildman–Crippen LogP) is 2.42. The highest BCUT2D eigenvalue weighted by atomic mass is 16.5. The number of aliphatic hydroxyl groups is 1. The lowest BCUT2D eigenvalue weighted by Crippen LogP contribution is -2.44. The normalized spacial score (nSPS) is 23.3. The van der Waals surface area contributed by atoms with Crippen molar-refractivity contribution in [2.75, 3.05) is 40.5 Å². The molecule has 0 aliphatic carbocycles. The smallest absolute Gasteiger partial charge is 0.203 e. The summed E-state index contributed by atoms with van der Waals surface area (Å²) >= 11 is 0. The molecule has 0 bridgehead atoms. The summed E-state index contributed by atoms with van der Waals surface area (Å²) in [6.45, 7) is 7.47. The molecule has 23 heavy (non-hydrogen) atoms. The van der Waals surface area contributed by atoms with E-state index in [0.29, 0.717) is 35.6 Å². The highest BCUT2D eigenvalue weighted by molar-refractivity contribution is 5.51. The van der Waals surface area contributed by atoms with Crippen molar-refractivity contribution >= 4 is 0 Å². The van der Waals surface area contributed by atoms with Crippen molar-refractivity contribution < 1.29 is 19.3 Å². The van der Waals surface area contributed by atoms with Gasteiger partial charge in [-0.15, -0.1) is 0 Å². The Kier molecular flexibility index (Phi) is 6.54. The van der Waals surface area contributed by atoms with E-state index in [1.165, 1.54) is 6.42 Å². The average Bonchev–Trinajstić information content (AvgIpc) is 2.51. The summed E-state index contributed by atoms with van der Waals surface area (Å²) in [7, 11) is 3.18. The van der Waals surface area contributed by atoms with Crippen LogP contribution < -0.4 is 14.2 Å². The van der Waals surface area contributed by atoms with E-state index in [-0.39, 0.29) is 6.61 Å². The van der Waals surface area contributed by atoms with Gasteiger partial charge in [0.15, 0.2) is 11.5 Å². The van der Waals surface area contributed by atoms with Gasteiger partial charge in [0.05, 0.1) is 14.2 Å². The van der Waals surface area contributed by atoms with Crippen molar-refractivity contribution in [3.8, 4) is 17.2 Å². The number of piperidine rings is 1. The summed E-state index contributed by atoms with van der Waals surface area (Å²) < 4.78 is 16.4. The summed E-state index contributed by atoms with van der Waals surface area (Å²) in [5.74, 6) is 3.12. The molecule has 130 valence electrons. The summed E-state index contributed by atoms with van der Waals surface area (Å²) in [6, 6.07) is 5.48. The molecule has 0 saturated carbocycles. The molecule has 5 nitrogen and oxygen atoms in total. The number of nitrogens with zero attached hydrogens (tertiary/aromatic N) is 1. The maximum atomic E-state index is 10.3. The third-order valence-electron chi connectivity index (χ3n) is 4.22. The molecule has 1 fully saturated rings. The number of aliphatic hydroxyl groups excluding tert-OH is 1. The second kappa shape index (κ2) is 8.41. The maximum absolute atomic E-state index is 10.3. The predicted molar refractivity (Wildman–Crippen MR) is 90.4 cm³/mol. The number of likely N-dealkylation sites (tertiary alicyclic amines) is 1. The van der Waals surface area contributed by atoms with Gasteiger partial charge in [-0.2, -0.15) is 0 Å². The van der Waals surface area contributed by atoms with Gasteiger partial charge >= 0.3 is 0 Å². The molecule has 5 heteroatoms. The van der Waals surface area contributed by atoms with Crippen molar-refractivity contribution in [2.24, 2.45) is 11.8 Å². The zero-order chi connectivity index (χ0) is 16.8. The SMILES string of the molecule is COc1cccc(OC)c1OC[C@H](O)CN1C[C@H](C)C[C@H](C)C1. The number of hydrogen-bond donors (Lipinski definition) is 1. The lowest BCUT2D eigenvalue weighted by molar-refractivity contribution is 0.0416. The Morgan fingerprint density at radius 3 is 2.22 bits per heavy atom. The Morgan fingerprint density at radius 1 is 1.13 bits per heavy atom. The van der Waals surface area contributed by atoms with Crippen LogP contribution in [0.4, 0.5) is 0 Å². The molecule has 0 spiro atoms. The first-order valence-electron chi connectivity index (χ1n) is 8.27. The quantitative estimate of drug-likeness (QED) is 0.835. The van der Waals surface area contributed by atoms with E-state index >= 15 is 0 Å². The molecule has 0 aromatic heterocycles.